The van der Waals surface area contributed by atoms with Crippen LogP contribution in [0.5, 0.6) is 0 Å². The number of carbonyl (C=O) groups is 1. The number of amides is 1. The van der Waals surface area contributed by atoms with Gasteiger partial charge in [0.2, 0.25) is 5.91 Å². The van der Waals surface area contributed by atoms with Gasteiger partial charge in [-0.3, -0.25) is 14.7 Å². The van der Waals surface area contributed by atoms with Crippen LogP contribution in [0.3, 0.4) is 0 Å². The molecule has 0 radical (unpaired) electrons. The number of fused-ring (bicyclic) bond motifs is 1. The predicted molar refractivity (Wildman–Crippen MR) is 118 cm³/mol. The Morgan fingerprint density at radius 3 is 2.69 bits per heavy atom. The van der Waals surface area contributed by atoms with Crippen LogP contribution in [0.1, 0.15) is 11.1 Å². The van der Waals surface area contributed by atoms with Gasteiger partial charge in [-0.05, 0) is 35.4 Å². The first-order valence-electron chi connectivity index (χ1n) is 9.06. The van der Waals surface area contributed by atoms with E-state index in [4.69, 9.17) is 0 Å². The highest BCUT2D eigenvalue weighted by atomic mass is 32.2. The first-order valence-corrected chi connectivity index (χ1v) is 11.0. The average Bonchev–Trinajstić information content (AvgIpc) is 3.16. The Morgan fingerprint density at radius 1 is 1.07 bits per heavy atom. The third-order valence-electron chi connectivity index (χ3n) is 4.27. The Morgan fingerprint density at radius 2 is 1.90 bits per heavy atom. The molecule has 7 heteroatoms. The molecule has 0 aliphatic carbocycles. The number of aromatic nitrogens is 2. The van der Waals surface area contributed by atoms with Crippen molar-refractivity contribution in [3.63, 3.8) is 0 Å². The molecule has 0 aliphatic rings. The molecule has 1 amide bonds. The van der Waals surface area contributed by atoms with Gasteiger partial charge < -0.3 is 0 Å². The highest BCUT2D eigenvalue weighted by Crippen LogP contribution is 2.31. The first kappa shape index (κ1) is 19.5. The summed E-state index contributed by atoms with van der Waals surface area (Å²) < 4.78 is 14.3. The molecule has 0 N–H and O–H groups in total. The van der Waals surface area contributed by atoms with E-state index < -0.39 is 0 Å². The highest BCUT2D eigenvalue weighted by molar-refractivity contribution is 7.99. The molecular weight excluding hydrogens is 405 g/mol. The summed E-state index contributed by atoms with van der Waals surface area (Å²) in [6.45, 7) is 0.376. The highest BCUT2D eigenvalue weighted by Gasteiger charge is 2.20. The Kier molecular flexibility index (Phi) is 6.17. The molecule has 0 atom stereocenters. The molecule has 4 rings (SSSR count). The van der Waals surface area contributed by atoms with Crippen molar-refractivity contribution in [2.75, 3.05) is 10.7 Å². The topological polar surface area (TPSA) is 46.1 Å². The smallest absolute Gasteiger partial charge is 0.239 e. The van der Waals surface area contributed by atoms with E-state index in [0.717, 1.165) is 16.0 Å². The van der Waals surface area contributed by atoms with E-state index in [1.807, 2.05) is 42.5 Å². The van der Waals surface area contributed by atoms with Crippen molar-refractivity contribution in [1.29, 1.82) is 0 Å². The number of pyridine rings is 1. The quantitative estimate of drug-likeness (QED) is 0.405. The van der Waals surface area contributed by atoms with Crippen molar-refractivity contribution in [2.24, 2.45) is 0 Å². The van der Waals surface area contributed by atoms with E-state index in [0.29, 0.717) is 22.9 Å². The first-order chi connectivity index (χ1) is 14.2. The minimum atomic E-state index is -0.309. The number of halogens is 1. The number of carbonyl (C=O) groups excluding carboxylic acids is 1. The molecule has 0 bridgehead atoms. The molecule has 0 spiro atoms. The lowest BCUT2D eigenvalue weighted by molar-refractivity contribution is -0.116. The lowest BCUT2D eigenvalue weighted by Gasteiger charge is -2.19. The van der Waals surface area contributed by atoms with E-state index in [1.165, 1.54) is 29.0 Å². The summed E-state index contributed by atoms with van der Waals surface area (Å²) in [5.74, 6) is 0.753. The number of hydrogen-bond donors (Lipinski definition) is 0. The normalized spacial score (nSPS) is 10.9. The Labute approximate surface area is 176 Å². The van der Waals surface area contributed by atoms with Crippen LogP contribution in [0.2, 0.25) is 0 Å². The molecule has 2 aromatic carbocycles. The maximum absolute atomic E-state index is 13.6. The number of nitrogens with zero attached hydrogens (tertiary/aromatic N) is 3. The van der Waals surface area contributed by atoms with Gasteiger partial charge in [0.05, 0.1) is 22.5 Å². The molecule has 29 heavy (non-hydrogen) atoms. The van der Waals surface area contributed by atoms with Crippen molar-refractivity contribution < 1.29 is 9.18 Å². The summed E-state index contributed by atoms with van der Waals surface area (Å²) in [6.07, 6.45) is 3.44. The van der Waals surface area contributed by atoms with E-state index >= 15 is 0 Å². The van der Waals surface area contributed by atoms with E-state index in [2.05, 4.69) is 9.97 Å². The molecule has 2 heterocycles. The number of benzene rings is 2. The fourth-order valence-electron chi connectivity index (χ4n) is 2.85. The standard InChI is InChI=1S/C22H18FN3OS2/c23-18-8-9-19-20(11-18)29-22(25-19)26(13-17-7-4-10-24-12-17)21(27)15-28-14-16-5-2-1-3-6-16/h1-12H,13-15H2. The second kappa shape index (κ2) is 9.15. The molecule has 2 aromatic heterocycles. The van der Waals surface area contributed by atoms with Crippen LogP contribution in [0.4, 0.5) is 9.52 Å². The molecular formula is C22H18FN3OS2. The van der Waals surface area contributed by atoms with Gasteiger partial charge in [0, 0.05) is 18.1 Å². The third-order valence-corrected chi connectivity index (χ3v) is 6.30. The summed E-state index contributed by atoms with van der Waals surface area (Å²) >= 11 is 2.89. The van der Waals surface area contributed by atoms with Crippen molar-refractivity contribution in [3.05, 3.63) is 90.0 Å². The van der Waals surface area contributed by atoms with Crippen molar-refractivity contribution >= 4 is 44.4 Å². The third kappa shape index (κ3) is 4.99. The van der Waals surface area contributed by atoms with Gasteiger partial charge in [-0.2, -0.15) is 0 Å². The maximum Gasteiger partial charge on any atom is 0.239 e. The largest absolute Gasteiger partial charge is 0.283 e. The minimum absolute atomic E-state index is 0.0330. The van der Waals surface area contributed by atoms with E-state index in [1.54, 1.807) is 35.1 Å². The van der Waals surface area contributed by atoms with Gasteiger partial charge in [-0.25, -0.2) is 9.37 Å². The molecule has 0 unspecified atom stereocenters. The van der Waals surface area contributed by atoms with Crippen LogP contribution in [0.15, 0.2) is 73.1 Å². The minimum Gasteiger partial charge on any atom is -0.283 e. The molecule has 0 fully saturated rings. The summed E-state index contributed by atoms with van der Waals surface area (Å²) in [4.78, 5) is 23.4. The predicted octanol–water partition coefficient (Wildman–Crippen LogP) is 5.30. The van der Waals surface area contributed by atoms with E-state index in [9.17, 15) is 9.18 Å². The van der Waals surface area contributed by atoms with E-state index in [-0.39, 0.29) is 11.7 Å². The van der Waals surface area contributed by atoms with Crippen LogP contribution in [0, 0.1) is 5.82 Å². The summed E-state index contributed by atoms with van der Waals surface area (Å²) in [5, 5.41) is 0.569. The van der Waals surface area contributed by atoms with Gasteiger partial charge in [-0.1, -0.05) is 47.7 Å². The van der Waals surface area contributed by atoms with Crippen LogP contribution in [-0.2, 0) is 17.1 Å². The number of anilines is 1. The second-order valence-electron chi connectivity index (χ2n) is 6.43. The van der Waals surface area contributed by atoms with Crippen molar-refractivity contribution in [3.8, 4) is 0 Å². The maximum atomic E-state index is 13.6. The summed E-state index contributed by atoms with van der Waals surface area (Å²) in [7, 11) is 0. The molecule has 0 saturated heterocycles. The van der Waals surface area contributed by atoms with Crippen LogP contribution in [0.25, 0.3) is 10.2 Å². The van der Waals surface area contributed by atoms with Gasteiger partial charge in [0.15, 0.2) is 5.13 Å². The SMILES string of the molecule is O=C(CSCc1ccccc1)N(Cc1cccnc1)c1nc2ccc(F)cc2s1. The zero-order chi connectivity index (χ0) is 20.1. The Hall–Kier alpha value is -2.77. The molecule has 146 valence electrons. The van der Waals surface area contributed by atoms with Gasteiger partial charge in [0.25, 0.3) is 0 Å². The number of rotatable bonds is 7. The lowest BCUT2D eigenvalue weighted by Crippen LogP contribution is -2.31. The van der Waals surface area contributed by atoms with Crippen LogP contribution >= 0.6 is 23.1 Å². The average molecular weight is 424 g/mol. The van der Waals surface area contributed by atoms with Crippen LogP contribution < -0.4 is 4.90 Å². The van der Waals surface area contributed by atoms with Gasteiger partial charge >= 0.3 is 0 Å². The zero-order valence-electron chi connectivity index (χ0n) is 15.5. The fourth-order valence-corrected chi connectivity index (χ4v) is 4.71. The summed E-state index contributed by atoms with van der Waals surface area (Å²) in [6, 6.07) is 18.3. The summed E-state index contributed by atoms with van der Waals surface area (Å²) in [5.41, 5.74) is 2.78. The Bertz CT molecular complexity index is 1100. The second-order valence-corrected chi connectivity index (χ2v) is 8.42. The number of thioether (sulfide) groups is 1. The number of hydrogen-bond acceptors (Lipinski definition) is 5. The molecule has 4 aromatic rings. The monoisotopic (exact) mass is 423 g/mol. The van der Waals surface area contributed by atoms with Gasteiger partial charge in [-0.15, -0.1) is 11.8 Å². The van der Waals surface area contributed by atoms with Crippen molar-refractivity contribution in [2.45, 2.75) is 12.3 Å². The van der Waals surface area contributed by atoms with Gasteiger partial charge in [0.1, 0.15) is 5.82 Å². The molecule has 4 nitrogen and oxygen atoms in total. The van der Waals surface area contributed by atoms with Crippen LogP contribution in [-0.4, -0.2) is 21.6 Å². The Balaban J connectivity index is 1.54. The molecule has 0 aliphatic heterocycles. The number of thiazole rings is 1. The fraction of sp³-hybridized carbons (Fsp3) is 0.136. The lowest BCUT2D eigenvalue weighted by atomic mass is 10.2. The molecule has 0 saturated carbocycles. The zero-order valence-corrected chi connectivity index (χ0v) is 17.1. The van der Waals surface area contributed by atoms with Crippen molar-refractivity contribution in [1.82, 2.24) is 9.97 Å².